The Hall–Kier alpha value is -4.07. The first kappa shape index (κ1) is 30.9. The Bertz CT molecular complexity index is 1490. The Morgan fingerprint density at radius 1 is 0.500 bits per heavy atom. The highest BCUT2D eigenvalue weighted by molar-refractivity contribution is 6.26. The molecule has 42 heavy (non-hydrogen) atoms. The molecule has 4 rings (SSSR count). The Morgan fingerprint density at radius 3 is 1.05 bits per heavy atom. The number of unbranched alkanes of at least 4 members (excludes halogenated alkanes) is 1. The summed E-state index contributed by atoms with van der Waals surface area (Å²) in [7, 11) is 0. The lowest BCUT2D eigenvalue weighted by Crippen LogP contribution is -2.29. The lowest BCUT2D eigenvalue weighted by molar-refractivity contribution is -0.123. The van der Waals surface area contributed by atoms with Crippen LogP contribution in [0.15, 0.2) is 36.4 Å². The van der Waals surface area contributed by atoms with E-state index >= 15 is 0 Å². The molecule has 0 unspecified atom stereocenters. The van der Waals surface area contributed by atoms with E-state index in [4.69, 9.17) is 28.4 Å². The zero-order valence-electron chi connectivity index (χ0n) is 25.7. The Kier molecular flexibility index (Phi) is 10.8. The summed E-state index contributed by atoms with van der Waals surface area (Å²) < 4.78 is 36.1. The van der Waals surface area contributed by atoms with Crippen LogP contribution >= 0.6 is 0 Å². The molecule has 0 aliphatic rings. The zero-order chi connectivity index (χ0) is 30.1. The maximum Gasteiger partial charge on any atom is 0.257 e. The summed E-state index contributed by atoms with van der Waals surface area (Å²) in [6.45, 7) is 14.8. The standard InChI is InChI=1S/C34H43NO7/c1-7-13-14-35-34(36)21-42-33-20-27-25-18-31(40-11-5)29(38-9-3)16-23(25)22-15-28(37-8-2)30(39-10-4)17-24(22)26(27)19-32(33)41-12-6/h15-20H,7-14,21H2,1-6H3,(H,35,36). The van der Waals surface area contributed by atoms with Gasteiger partial charge in [-0.3, -0.25) is 4.79 Å². The Morgan fingerprint density at radius 2 is 0.786 bits per heavy atom. The quantitative estimate of drug-likeness (QED) is 0.109. The molecular formula is C34H43NO7. The molecule has 0 aliphatic carbocycles. The van der Waals surface area contributed by atoms with Gasteiger partial charge in [-0.25, -0.2) is 0 Å². The van der Waals surface area contributed by atoms with E-state index in [2.05, 4.69) is 12.2 Å². The van der Waals surface area contributed by atoms with Crippen molar-refractivity contribution in [1.82, 2.24) is 5.32 Å². The summed E-state index contributed by atoms with van der Waals surface area (Å²) in [5.41, 5.74) is 0. The molecule has 0 atom stereocenters. The highest BCUT2D eigenvalue weighted by Crippen LogP contribution is 2.47. The summed E-state index contributed by atoms with van der Waals surface area (Å²) in [6, 6.07) is 12.0. The minimum absolute atomic E-state index is 0.105. The summed E-state index contributed by atoms with van der Waals surface area (Å²) in [5.74, 6) is 3.58. The van der Waals surface area contributed by atoms with Gasteiger partial charge < -0.3 is 33.7 Å². The van der Waals surface area contributed by atoms with Gasteiger partial charge in [-0.2, -0.15) is 0 Å². The highest BCUT2D eigenvalue weighted by atomic mass is 16.5. The van der Waals surface area contributed by atoms with Crippen LogP contribution in [0.25, 0.3) is 32.3 Å². The van der Waals surface area contributed by atoms with Crippen molar-refractivity contribution in [2.75, 3.05) is 46.2 Å². The average Bonchev–Trinajstić information content (AvgIpc) is 2.98. The third-order valence-electron chi connectivity index (χ3n) is 6.83. The molecule has 226 valence electrons. The SMILES string of the molecule is CCCCNC(=O)COc1cc2c3cc(OCC)c(OCC)cc3c3cc(OCC)c(OCC)cc3c2cc1OCC. The molecule has 0 radical (unpaired) electrons. The Balaban J connectivity index is 2.02. The van der Waals surface area contributed by atoms with Crippen molar-refractivity contribution < 1.29 is 33.2 Å². The van der Waals surface area contributed by atoms with Gasteiger partial charge in [0.25, 0.3) is 5.91 Å². The summed E-state index contributed by atoms with van der Waals surface area (Å²) in [5, 5.41) is 8.68. The molecule has 0 fully saturated rings. The van der Waals surface area contributed by atoms with Crippen LogP contribution in [-0.2, 0) is 4.79 Å². The van der Waals surface area contributed by atoms with Crippen LogP contribution in [0.5, 0.6) is 34.5 Å². The van der Waals surface area contributed by atoms with E-state index in [1.807, 2.05) is 71.0 Å². The minimum atomic E-state index is -0.167. The van der Waals surface area contributed by atoms with E-state index in [1.54, 1.807) is 0 Å². The molecule has 0 saturated heterocycles. The van der Waals surface area contributed by atoms with Crippen molar-refractivity contribution in [3.05, 3.63) is 36.4 Å². The molecule has 0 bridgehead atoms. The van der Waals surface area contributed by atoms with E-state index < -0.39 is 0 Å². The second-order valence-electron chi connectivity index (χ2n) is 9.69. The van der Waals surface area contributed by atoms with E-state index in [-0.39, 0.29) is 12.5 Å². The molecular weight excluding hydrogens is 534 g/mol. The number of ether oxygens (including phenoxy) is 6. The molecule has 0 spiro atoms. The fraction of sp³-hybridized carbons (Fsp3) is 0.441. The van der Waals surface area contributed by atoms with Crippen LogP contribution in [0.2, 0.25) is 0 Å². The number of hydrogen-bond acceptors (Lipinski definition) is 7. The van der Waals surface area contributed by atoms with Gasteiger partial charge >= 0.3 is 0 Å². The number of benzene rings is 4. The molecule has 4 aromatic carbocycles. The van der Waals surface area contributed by atoms with E-state index in [1.165, 1.54) is 0 Å². The number of rotatable bonds is 16. The number of carbonyl (C=O) groups excluding carboxylic acids is 1. The first-order valence-electron chi connectivity index (χ1n) is 15.1. The van der Waals surface area contributed by atoms with E-state index in [0.29, 0.717) is 74.1 Å². The maximum absolute atomic E-state index is 12.5. The molecule has 0 aliphatic heterocycles. The van der Waals surface area contributed by atoms with Gasteiger partial charge in [-0.1, -0.05) is 13.3 Å². The van der Waals surface area contributed by atoms with Crippen LogP contribution in [0.4, 0.5) is 0 Å². The van der Waals surface area contributed by atoms with Crippen molar-refractivity contribution >= 4 is 38.2 Å². The van der Waals surface area contributed by atoms with Gasteiger partial charge in [-0.05, 0) is 110 Å². The molecule has 0 heterocycles. The van der Waals surface area contributed by atoms with Crippen LogP contribution < -0.4 is 33.7 Å². The van der Waals surface area contributed by atoms with Gasteiger partial charge in [0, 0.05) is 6.54 Å². The Labute approximate surface area is 248 Å². The normalized spacial score (nSPS) is 11.1. The number of fused-ring (bicyclic) bond motifs is 6. The summed E-state index contributed by atoms with van der Waals surface area (Å²) in [4.78, 5) is 12.5. The number of hydrogen-bond donors (Lipinski definition) is 1. The lowest BCUT2D eigenvalue weighted by atomic mass is 9.93. The molecule has 0 saturated carbocycles. The third kappa shape index (κ3) is 6.69. The minimum Gasteiger partial charge on any atom is -0.490 e. The lowest BCUT2D eigenvalue weighted by Gasteiger charge is -2.20. The van der Waals surface area contributed by atoms with E-state index in [0.717, 1.165) is 45.2 Å². The van der Waals surface area contributed by atoms with E-state index in [9.17, 15) is 4.79 Å². The molecule has 4 aromatic rings. The fourth-order valence-electron chi connectivity index (χ4n) is 5.07. The fourth-order valence-corrected chi connectivity index (χ4v) is 5.07. The zero-order valence-corrected chi connectivity index (χ0v) is 25.7. The van der Waals surface area contributed by atoms with Crippen molar-refractivity contribution in [2.24, 2.45) is 0 Å². The molecule has 8 nitrogen and oxygen atoms in total. The van der Waals surface area contributed by atoms with Gasteiger partial charge in [-0.15, -0.1) is 0 Å². The first-order chi connectivity index (χ1) is 20.5. The van der Waals surface area contributed by atoms with Crippen LogP contribution in [0.3, 0.4) is 0 Å². The first-order valence-corrected chi connectivity index (χ1v) is 15.1. The van der Waals surface area contributed by atoms with Crippen molar-refractivity contribution in [3.8, 4) is 34.5 Å². The van der Waals surface area contributed by atoms with Crippen LogP contribution in [0.1, 0.15) is 54.4 Å². The summed E-state index contributed by atoms with van der Waals surface area (Å²) in [6.07, 6.45) is 1.93. The monoisotopic (exact) mass is 577 g/mol. The van der Waals surface area contributed by atoms with Gasteiger partial charge in [0.15, 0.2) is 41.1 Å². The topological polar surface area (TPSA) is 84.5 Å². The molecule has 0 aromatic heterocycles. The van der Waals surface area contributed by atoms with Crippen molar-refractivity contribution in [3.63, 3.8) is 0 Å². The van der Waals surface area contributed by atoms with Crippen molar-refractivity contribution in [1.29, 1.82) is 0 Å². The predicted molar refractivity (Wildman–Crippen MR) is 168 cm³/mol. The van der Waals surface area contributed by atoms with Crippen LogP contribution in [-0.4, -0.2) is 52.1 Å². The summed E-state index contributed by atoms with van der Waals surface area (Å²) >= 11 is 0. The predicted octanol–water partition coefficient (Wildman–Crippen LogP) is 7.43. The average molecular weight is 578 g/mol. The molecule has 8 heteroatoms. The van der Waals surface area contributed by atoms with Gasteiger partial charge in [0.05, 0.1) is 33.0 Å². The third-order valence-corrected chi connectivity index (χ3v) is 6.83. The number of nitrogens with one attached hydrogen (secondary N) is 1. The molecule has 1 N–H and O–H groups in total. The molecule has 1 amide bonds. The van der Waals surface area contributed by atoms with Gasteiger partial charge in [0.1, 0.15) is 0 Å². The van der Waals surface area contributed by atoms with Gasteiger partial charge in [0.2, 0.25) is 0 Å². The van der Waals surface area contributed by atoms with Crippen LogP contribution in [0, 0.1) is 0 Å². The maximum atomic E-state index is 12.5. The largest absolute Gasteiger partial charge is 0.490 e. The smallest absolute Gasteiger partial charge is 0.257 e. The number of amides is 1. The highest BCUT2D eigenvalue weighted by Gasteiger charge is 2.20. The number of carbonyl (C=O) groups is 1. The second kappa shape index (κ2) is 14.7. The van der Waals surface area contributed by atoms with Crippen molar-refractivity contribution in [2.45, 2.75) is 54.4 Å². The second-order valence-corrected chi connectivity index (χ2v) is 9.69.